The second kappa shape index (κ2) is 15.9. The molecule has 2 aromatic carbocycles. The van der Waals surface area contributed by atoms with E-state index in [2.05, 4.69) is 29.5 Å². The lowest BCUT2D eigenvalue weighted by Gasteiger charge is -2.31. The number of nitrogens with one attached hydrogen (secondary N) is 1. The number of aromatic nitrogens is 3. The van der Waals surface area contributed by atoms with E-state index in [1.54, 1.807) is 26.3 Å². The van der Waals surface area contributed by atoms with Gasteiger partial charge < -0.3 is 24.6 Å². The minimum absolute atomic E-state index is 0.124. The van der Waals surface area contributed by atoms with Crippen LogP contribution in [0.15, 0.2) is 48.5 Å². The van der Waals surface area contributed by atoms with Gasteiger partial charge in [0.2, 0.25) is 0 Å². The third-order valence-corrected chi connectivity index (χ3v) is 11.5. The number of carbonyl (C=O) groups excluding carboxylic acids is 2. The number of amides is 1. The number of rotatable bonds is 14. The maximum Gasteiger partial charge on any atom is 0.407 e. The Balaban J connectivity index is 1.36. The van der Waals surface area contributed by atoms with E-state index in [1.165, 1.54) is 0 Å². The van der Waals surface area contributed by atoms with Crippen molar-refractivity contribution in [2.75, 3.05) is 32.1 Å². The third kappa shape index (κ3) is 10.2. The first-order valence-corrected chi connectivity index (χ1v) is 19.1. The maximum absolute atomic E-state index is 13.3. The molecule has 49 heavy (non-hydrogen) atoms. The van der Waals surface area contributed by atoms with Crippen LogP contribution in [0.1, 0.15) is 86.0 Å². The Morgan fingerprint density at radius 1 is 0.980 bits per heavy atom. The molecule has 1 atom stereocenters. The Morgan fingerprint density at radius 3 is 2.35 bits per heavy atom. The minimum Gasteiger partial charge on any atom is -0.464 e. The predicted octanol–water partition coefficient (Wildman–Crippen LogP) is 7.60. The van der Waals surface area contributed by atoms with Crippen molar-refractivity contribution < 1.29 is 28.9 Å². The van der Waals surface area contributed by atoms with Crippen molar-refractivity contribution in [3.63, 3.8) is 0 Å². The first-order valence-electron chi connectivity index (χ1n) is 16.7. The molecule has 3 aromatic rings. The van der Waals surface area contributed by atoms with Gasteiger partial charge in [0.15, 0.2) is 0 Å². The SMILES string of the molecule is CC(C)(CCNC(=O)OC1Cc2ccccc2-c2nnn(C(C)(C)CO)c2-c2ccccc21)OCC(C)(C)SSCCOC(=O)C(C)(C)C. The zero-order valence-corrected chi connectivity index (χ0v) is 31.9. The van der Waals surface area contributed by atoms with E-state index in [-0.39, 0.29) is 17.3 Å². The summed E-state index contributed by atoms with van der Waals surface area (Å²) in [5.41, 5.74) is 3.43. The standard InChI is InChI=1S/C37H52N4O6S2/c1-34(2,3)32(43)45-20-21-48-49-37(8,9)24-46-36(6,7)18-19-38-33(44)47-29-22-25-14-10-11-15-26(25)30-31(28-17-13-12-16-27(28)29)41(40-39-30)35(4,5)23-42/h10-17,29,42H,18-24H2,1-9H3,(H,38,44). The molecule has 1 aliphatic carbocycles. The first-order chi connectivity index (χ1) is 22.9. The van der Waals surface area contributed by atoms with Crippen LogP contribution in [-0.2, 0) is 31.0 Å². The normalized spacial score (nSPS) is 14.9. The molecule has 2 N–H and O–H groups in total. The quantitative estimate of drug-likeness (QED) is 0.0981. The summed E-state index contributed by atoms with van der Waals surface area (Å²) in [4.78, 5) is 25.3. The number of ether oxygens (including phenoxy) is 3. The summed E-state index contributed by atoms with van der Waals surface area (Å²) in [5.74, 6) is 0.507. The highest BCUT2D eigenvalue weighted by molar-refractivity contribution is 8.77. The van der Waals surface area contributed by atoms with Crippen molar-refractivity contribution in [3.8, 4) is 22.5 Å². The second-order valence-corrected chi connectivity index (χ2v) is 18.4. The molecule has 1 unspecified atom stereocenters. The molecule has 0 fully saturated rings. The molecule has 12 heteroatoms. The Morgan fingerprint density at radius 2 is 1.65 bits per heavy atom. The van der Waals surface area contributed by atoms with Crippen molar-refractivity contribution in [2.45, 2.75) is 97.1 Å². The summed E-state index contributed by atoms with van der Waals surface area (Å²) in [7, 11) is 3.37. The van der Waals surface area contributed by atoms with E-state index < -0.39 is 28.8 Å². The zero-order chi connectivity index (χ0) is 36.0. The van der Waals surface area contributed by atoms with Gasteiger partial charge in [0.05, 0.1) is 35.5 Å². The second-order valence-electron chi connectivity index (χ2n) is 15.3. The van der Waals surface area contributed by atoms with Gasteiger partial charge in [-0.05, 0) is 74.3 Å². The van der Waals surface area contributed by atoms with Crippen molar-refractivity contribution >= 4 is 33.7 Å². The molecule has 4 rings (SSSR count). The molecular formula is C37H52N4O6S2. The smallest absolute Gasteiger partial charge is 0.407 e. The van der Waals surface area contributed by atoms with Crippen LogP contribution in [-0.4, -0.2) is 74.6 Å². The van der Waals surface area contributed by atoms with Crippen LogP contribution in [0.5, 0.6) is 0 Å². The topological polar surface area (TPSA) is 125 Å². The Labute approximate surface area is 298 Å². The van der Waals surface area contributed by atoms with Crippen LogP contribution in [0.3, 0.4) is 0 Å². The number of hydrogen-bond acceptors (Lipinski definition) is 10. The van der Waals surface area contributed by atoms with Gasteiger partial charge in [-0.25, -0.2) is 9.48 Å². The van der Waals surface area contributed by atoms with Gasteiger partial charge in [0, 0.05) is 40.2 Å². The van der Waals surface area contributed by atoms with Gasteiger partial charge in [-0.3, -0.25) is 4.79 Å². The van der Waals surface area contributed by atoms with Gasteiger partial charge in [-0.2, -0.15) is 0 Å². The molecule has 0 radical (unpaired) electrons. The Kier molecular flexibility index (Phi) is 12.5. The average molecular weight is 713 g/mol. The summed E-state index contributed by atoms with van der Waals surface area (Å²) < 4.78 is 19.4. The highest BCUT2D eigenvalue weighted by Crippen LogP contribution is 2.43. The number of aliphatic hydroxyl groups excluding tert-OH is 1. The number of carbonyl (C=O) groups is 2. The Bertz CT molecular complexity index is 1600. The third-order valence-electron chi connectivity index (χ3n) is 8.22. The minimum atomic E-state index is -0.709. The van der Waals surface area contributed by atoms with Gasteiger partial charge in [0.1, 0.15) is 18.4 Å². The summed E-state index contributed by atoms with van der Waals surface area (Å²) in [6, 6.07) is 15.8. The fourth-order valence-electron chi connectivity index (χ4n) is 5.22. The zero-order valence-electron chi connectivity index (χ0n) is 30.3. The molecule has 0 spiro atoms. The van der Waals surface area contributed by atoms with E-state index in [9.17, 15) is 14.7 Å². The first kappa shape index (κ1) is 38.7. The van der Waals surface area contributed by atoms with Gasteiger partial charge in [0.25, 0.3) is 0 Å². The fourth-order valence-corrected chi connectivity index (χ4v) is 7.44. The molecule has 0 aliphatic heterocycles. The lowest BCUT2D eigenvalue weighted by molar-refractivity contribution is -0.152. The van der Waals surface area contributed by atoms with Crippen LogP contribution in [0.4, 0.5) is 4.79 Å². The van der Waals surface area contributed by atoms with Crippen molar-refractivity contribution in [3.05, 3.63) is 59.7 Å². The number of nitrogens with zero attached hydrogens (tertiary/aromatic N) is 3. The molecule has 0 saturated carbocycles. The van der Waals surface area contributed by atoms with Crippen molar-refractivity contribution in [1.29, 1.82) is 0 Å². The summed E-state index contributed by atoms with van der Waals surface area (Å²) in [6.45, 7) is 18.8. The van der Waals surface area contributed by atoms with Crippen LogP contribution >= 0.6 is 21.6 Å². The molecular weight excluding hydrogens is 661 g/mol. The highest BCUT2D eigenvalue weighted by atomic mass is 33.1. The molecule has 0 bridgehead atoms. The predicted molar refractivity (Wildman–Crippen MR) is 197 cm³/mol. The number of hydrogen-bond donors (Lipinski definition) is 2. The van der Waals surface area contributed by atoms with Crippen LogP contribution in [0.2, 0.25) is 0 Å². The van der Waals surface area contributed by atoms with Crippen molar-refractivity contribution in [2.24, 2.45) is 5.41 Å². The largest absolute Gasteiger partial charge is 0.464 e. The lowest BCUT2D eigenvalue weighted by atomic mass is 9.87. The molecule has 10 nitrogen and oxygen atoms in total. The molecule has 1 heterocycles. The van der Waals surface area contributed by atoms with E-state index in [1.807, 2.05) is 97.0 Å². The van der Waals surface area contributed by atoms with Crippen LogP contribution in [0, 0.1) is 5.41 Å². The van der Waals surface area contributed by atoms with E-state index in [0.717, 1.165) is 33.6 Å². The van der Waals surface area contributed by atoms with Crippen molar-refractivity contribution in [1.82, 2.24) is 20.3 Å². The summed E-state index contributed by atoms with van der Waals surface area (Å²) in [5, 5.41) is 22.2. The van der Waals surface area contributed by atoms with Crippen LogP contribution in [0.25, 0.3) is 22.5 Å². The monoisotopic (exact) mass is 712 g/mol. The van der Waals surface area contributed by atoms with E-state index in [0.29, 0.717) is 38.4 Å². The van der Waals surface area contributed by atoms with Gasteiger partial charge in [-0.15, -0.1) is 5.10 Å². The lowest BCUT2D eigenvalue weighted by Crippen LogP contribution is -2.36. The Hall–Kier alpha value is -3.06. The molecule has 1 aliphatic rings. The van der Waals surface area contributed by atoms with E-state index >= 15 is 0 Å². The number of esters is 1. The average Bonchev–Trinajstić information content (AvgIpc) is 3.48. The van der Waals surface area contributed by atoms with Gasteiger partial charge >= 0.3 is 12.1 Å². The molecule has 268 valence electrons. The van der Waals surface area contributed by atoms with Crippen LogP contribution < -0.4 is 5.32 Å². The summed E-state index contributed by atoms with van der Waals surface area (Å²) in [6.07, 6.45) is -0.0135. The number of fused-ring (bicyclic) bond motifs is 5. The van der Waals surface area contributed by atoms with E-state index in [4.69, 9.17) is 14.2 Å². The molecule has 1 amide bonds. The maximum atomic E-state index is 13.3. The number of alkyl carbamates (subject to hydrolysis) is 1. The molecule has 1 aromatic heterocycles. The fraction of sp³-hybridized carbons (Fsp3) is 0.568. The molecule has 0 saturated heterocycles. The van der Waals surface area contributed by atoms with Gasteiger partial charge in [-0.1, -0.05) is 75.3 Å². The highest BCUT2D eigenvalue weighted by Gasteiger charge is 2.34. The number of aliphatic hydroxyl groups is 1. The number of benzene rings is 2. The summed E-state index contributed by atoms with van der Waals surface area (Å²) >= 11 is 0.